The summed E-state index contributed by atoms with van der Waals surface area (Å²) < 4.78 is 33.2. The molecule has 7 nitrogen and oxygen atoms in total. The molecule has 0 spiro atoms. The maximum absolute atomic E-state index is 12.3. The summed E-state index contributed by atoms with van der Waals surface area (Å²) in [6.45, 7) is 8.46. The standard InChI is InChI=1S/C15H25N3O4S2/c1-11-9-18(10-12(2)22-11)7-6-17-24(20,21)15-5-4-14(23-15)8-16-13(3)19/h4-5,11-12,17H,6-10H2,1-3H3,(H,16,19). The zero-order valence-electron chi connectivity index (χ0n) is 14.2. The fourth-order valence-electron chi connectivity index (χ4n) is 2.69. The van der Waals surface area contributed by atoms with Crippen molar-refractivity contribution in [3.05, 3.63) is 17.0 Å². The first kappa shape index (κ1) is 19.3. The first-order chi connectivity index (χ1) is 11.3. The van der Waals surface area contributed by atoms with Gasteiger partial charge in [-0.1, -0.05) is 0 Å². The average molecular weight is 376 g/mol. The van der Waals surface area contributed by atoms with Crippen LogP contribution in [-0.4, -0.2) is 57.6 Å². The van der Waals surface area contributed by atoms with Crippen molar-refractivity contribution < 1.29 is 17.9 Å². The van der Waals surface area contributed by atoms with Gasteiger partial charge in [-0.25, -0.2) is 13.1 Å². The summed E-state index contributed by atoms with van der Waals surface area (Å²) >= 11 is 1.17. The van der Waals surface area contributed by atoms with Crippen molar-refractivity contribution in [3.63, 3.8) is 0 Å². The van der Waals surface area contributed by atoms with E-state index in [2.05, 4.69) is 14.9 Å². The highest BCUT2D eigenvalue weighted by atomic mass is 32.2. The molecule has 1 aromatic heterocycles. The highest BCUT2D eigenvalue weighted by molar-refractivity contribution is 7.91. The molecule has 2 heterocycles. The molecule has 1 saturated heterocycles. The van der Waals surface area contributed by atoms with Crippen LogP contribution in [0.1, 0.15) is 25.6 Å². The molecular formula is C15H25N3O4S2. The molecule has 0 saturated carbocycles. The Labute approximate surface area is 147 Å². The molecule has 136 valence electrons. The van der Waals surface area contributed by atoms with Gasteiger partial charge in [0.2, 0.25) is 15.9 Å². The lowest BCUT2D eigenvalue weighted by molar-refractivity contribution is -0.119. The van der Waals surface area contributed by atoms with E-state index in [0.717, 1.165) is 18.0 Å². The van der Waals surface area contributed by atoms with Crippen LogP contribution in [0, 0.1) is 0 Å². The number of carbonyl (C=O) groups is 1. The van der Waals surface area contributed by atoms with Crippen LogP contribution in [-0.2, 0) is 26.1 Å². The van der Waals surface area contributed by atoms with Gasteiger partial charge in [-0.05, 0) is 26.0 Å². The van der Waals surface area contributed by atoms with Gasteiger partial charge in [0.15, 0.2) is 0 Å². The lowest BCUT2D eigenvalue weighted by atomic mass is 10.2. The molecule has 1 aliphatic rings. The van der Waals surface area contributed by atoms with E-state index < -0.39 is 10.0 Å². The molecule has 2 atom stereocenters. The maximum Gasteiger partial charge on any atom is 0.250 e. The maximum atomic E-state index is 12.3. The molecule has 1 aliphatic heterocycles. The molecule has 2 rings (SSSR count). The summed E-state index contributed by atoms with van der Waals surface area (Å²) in [5, 5.41) is 2.66. The number of sulfonamides is 1. The fourth-order valence-corrected chi connectivity index (χ4v) is 5.05. The predicted molar refractivity (Wildman–Crippen MR) is 93.5 cm³/mol. The van der Waals surface area contributed by atoms with Gasteiger partial charge in [-0.15, -0.1) is 11.3 Å². The summed E-state index contributed by atoms with van der Waals surface area (Å²) in [4.78, 5) is 13.9. The van der Waals surface area contributed by atoms with Crippen molar-refractivity contribution in [2.75, 3.05) is 26.2 Å². The Morgan fingerprint density at radius 3 is 2.62 bits per heavy atom. The van der Waals surface area contributed by atoms with E-state index in [1.54, 1.807) is 12.1 Å². The van der Waals surface area contributed by atoms with Crippen molar-refractivity contribution in [1.29, 1.82) is 0 Å². The SMILES string of the molecule is CC(=O)NCc1ccc(S(=O)(=O)NCCN2CC(C)OC(C)C2)s1. The van der Waals surface area contributed by atoms with Crippen LogP contribution in [0.3, 0.4) is 0 Å². The number of morpholine rings is 1. The Bertz CT molecular complexity index is 649. The van der Waals surface area contributed by atoms with Gasteiger partial charge in [-0.2, -0.15) is 0 Å². The third kappa shape index (κ3) is 5.82. The van der Waals surface area contributed by atoms with Crippen LogP contribution in [0.4, 0.5) is 0 Å². The third-order valence-corrected chi connectivity index (χ3v) is 6.67. The monoisotopic (exact) mass is 375 g/mol. The highest BCUT2D eigenvalue weighted by Gasteiger charge is 2.22. The summed E-state index contributed by atoms with van der Waals surface area (Å²) in [5.41, 5.74) is 0. The molecule has 0 aliphatic carbocycles. The number of carbonyl (C=O) groups excluding carboxylic acids is 1. The van der Waals surface area contributed by atoms with Gasteiger partial charge < -0.3 is 10.1 Å². The molecule has 0 bridgehead atoms. The number of nitrogens with zero attached hydrogens (tertiary/aromatic N) is 1. The fraction of sp³-hybridized carbons (Fsp3) is 0.667. The minimum atomic E-state index is -3.51. The van der Waals surface area contributed by atoms with Crippen molar-refractivity contribution in [2.45, 2.75) is 43.7 Å². The molecule has 0 radical (unpaired) electrons. The van der Waals surface area contributed by atoms with Crippen LogP contribution >= 0.6 is 11.3 Å². The van der Waals surface area contributed by atoms with Crippen LogP contribution in [0.5, 0.6) is 0 Å². The van der Waals surface area contributed by atoms with E-state index in [-0.39, 0.29) is 22.3 Å². The lowest BCUT2D eigenvalue weighted by Gasteiger charge is -2.35. The Balaban J connectivity index is 1.84. The Morgan fingerprint density at radius 1 is 1.33 bits per heavy atom. The Morgan fingerprint density at radius 2 is 2.00 bits per heavy atom. The van der Waals surface area contributed by atoms with E-state index in [4.69, 9.17) is 4.74 Å². The third-order valence-electron chi connectivity index (χ3n) is 3.63. The average Bonchev–Trinajstić information content (AvgIpc) is 2.93. The number of rotatable bonds is 7. The van der Waals surface area contributed by atoms with Crippen LogP contribution in [0.25, 0.3) is 0 Å². The molecule has 1 aromatic rings. The van der Waals surface area contributed by atoms with Crippen molar-refractivity contribution in [2.24, 2.45) is 0 Å². The highest BCUT2D eigenvalue weighted by Crippen LogP contribution is 2.21. The van der Waals surface area contributed by atoms with Crippen LogP contribution < -0.4 is 10.0 Å². The van der Waals surface area contributed by atoms with Crippen molar-refractivity contribution in [1.82, 2.24) is 14.9 Å². The van der Waals surface area contributed by atoms with Crippen molar-refractivity contribution >= 4 is 27.3 Å². The van der Waals surface area contributed by atoms with Gasteiger partial charge in [0.1, 0.15) is 4.21 Å². The molecule has 1 amide bonds. The van der Waals surface area contributed by atoms with E-state index in [1.165, 1.54) is 18.3 Å². The number of hydrogen-bond donors (Lipinski definition) is 2. The number of hydrogen-bond acceptors (Lipinski definition) is 6. The summed E-state index contributed by atoms with van der Waals surface area (Å²) in [5.74, 6) is -0.139. The van der Waals surface area contributed by atoms with Gasteiger partial charge >= 0.3 is 0 Å². The van der Waals surface area contributed by atoms with Gasteiger partial charge in [0, 0.05) is 38.0 Å². The Hall–Kier alpha value is -1.00. The van der Waals surface area contributed by atoms with Crippen LogP contribution in [0.2, 0.25) is 0 Å². The second-order valence-corrected chi connectivity index (χ2v) is 9.21. The molecular weight excluding hydrogens is 350 g/mol. The first-order valence-corrected chi connectivity index (χ1v) is 10.3. The van der Waals surface area contributed by atoms with E-state index in [0.29, 0.717) is 19.6 Å². The molecule has 1 fully saturated rings. The van der Waals surface area contributed by atoms with Gasteiger partial charge in [-0.3, -0.25) is 9.69 Å². The first-order valence-electron chi connectivity index (χ1n) is 7.97. The zero-order chi connectivity index (χ0) is 17.7. The molecule has 2 unspecified atom stereocenters. The molecule has 9 heteroatoms. The minimum Gasteiger partial charge on any atom is -0.373 e. The van der Waals surface area contributed by atoms with Crippen molar-refractivity contribution in [3.8, 4) is 0 Å². The summed E-state index contributed by atoms with van der Waals surface area (Å²) in [6, 6.07) is 3.30. The minimum absolute atomic E-state index is 0.139. The quantitative estimate of drug-likeness (QED) is 0.735. The summed E-state index contributed by atoms with van der Waals surface area (Å²) in [7, 11) is -3.51. The second-order valence-electron chi connectivity index (χ2n) is 6.05. The normalized spacial score (nSPS) is 22.5. The Kier molecular flexibility index (Phi) is 6.76. The van der Waals surface area contributed by atoms with E-state index in [9.17, 15) is 13.2 Å². The number of nitrogens with one attached hydrogen (secondary N) is 2. The number of thiophene rings is 1. The smallest absolute Gasteiger partial charge is 0.250 e. The topological polar surface area (TPSA) is 87.7 Å². The molecule has 24 heavy (non-hydrogen) atoms. The van der Waals surface area contributed by atoms with E-state index in [1.807, 2.05) is 13.8 Å². The zero-order valence-corrected chi connectivity index (χ0v) is 15.9. The van der Waals surface area contributed by atoms with Gasteiger partial charge in [0.25, 0.3) is 0 Å². The second kappa shape index (κ2) is 8.39. The van der Waals surface area contributed by atoms with E-state index >= 15 is 0 Å². The number of amides is 1. The van der Waals surface area contributed by atoms with Crippen LogP contribution in [0.15, 0.2) is 16.3 Å². The lowest BCUT2D eigenvalue weighted by Crippen LogP contribution is -2.47. The largest absolute Gasteiger partial charge is 0.373 e. The molecule has 0 aromatic carbocycles. The molecule has 2 N–H and O–H groups in total. The van der Waals surface area contributed by atoms with Gasteiger partial charge in [0.05, 0.1) is 18.8 Å². The summed E-state index contributed by atoms with van der Waals surface area (Å²) in [6.07, 6.45) is 0.331. The predicted octanol–water partition coefficient (Wildman–Crippen LogP) is 0.772. The number of ether oxygens (including phenoxy) is 1.